The summed E-state index contributed by atoms with van der Waals surface area (Å²) >= 11 is 0. The number of nitrogens with one attached hydrogen (secondary N) is 1. The number of aromatic nitrogens is 2. The molecule has 21 heavy (non-hydrogen) atoms. The van der Waals surface area contributed by atoms with Crippen molar-refractivity contribution in [1.29, 1.82) is 0 Å². The topological polar surface area (TPSA) is 74.3 Å². The van der Waals surface area contributed by atoms with Crippen LogP contribution in [-0.4, -0.2) is 35.3 Å². The van der Waals surface area contributed by atoms with Crippen molar-refractivity contribution in [1.82, 2.24) is 15.2 Å². The molecular formula is C15H28N4O2. The minimum absolute atomic E-state index is 0.100. The van der Waals surface area contributed by atoms with Gasteiger partial charge >= 0.3 is 0 Å². The van der Waals surface area contributed by atoms with Gasteiger partial charge in [-0.05, 0) is 32.8 Å². The van der Waals surface area contributed by atoms with Gasteiger partial charge in [0.25, 0.3) is 0 Å². The van der Waals surface area contributed by atoms with Crippen molar-refractivity contribution in [2.45, 2.75) is 64.3 Å². The van der Waals surface area contributed by atoms with Crippen molar-refractivity contribution >= 4 is 0 Å². The van der Waals surface area contributed by atoms with Crippen LogP contribution in [-0.2, 0) is 15.9 Å². The molecule has 120 valence electrons. The third-order valence-corrected chi connectivity index (χ3v) is 4.00. The first-order valence-corrected chi connectivity index (χ1v) is 8.01. The van der Waals surface area contributed by atoms with Gasteiger partial charge in [0.05, 0.1) is 17.8 Å². The maximum Gasteiger partial charge on any atom is 0.174 e. The highest BCUT2D eigenvalue weighted by Crippen LogP contribution is 2.28. The number of rotatable bonds is 9. The fourth-order valence-electron chi connectivity index (χ4n) is 2.93. The third kappa shape index (κ3) is 4.51. The van der Waals surface area contributed by atoms with Gasteiger partial charge in [0.15, 0.2) is 6.29 Å². The van der Waals surface area contributed by atoms with Gasteiger partial charge in [0.1, 0.15) is 0 Å². The molecule has 1 aliphatic carbocycles. The molecule has 1 aromatic rings. The van der Waals surface area contributed by atoms with Gasteiger partial charge in [-0.3, -0.25) is 16.0 Å². The maximum absolute atomic E-state index is 5.67. The summed E-state index contributed by atoms with van der Waals surface area (Å²) in [6, 6.07) is 2.53. The van der Waals surface area contributed by atoms with Crippen LogP contribution >= 0.6 is 0 Å². The van der Waals surface area contributed by atoms with Gasteiger partial charge in [0, 0.05) is 25.8 Å². The van der Waals surface area contributed by atoms with Crippen molar-refractivity contribution in [2.75, 3.05) is 13.2 Å². The number of nitrogens with zero attached hydrogens (tertiary/aromatic N) is 2. The first-order valence-electron chi connectivity index (χ1n) is 8.01. The molecule has 0 spiro atoms. The summed E-state index contributed by atoms with van der Waals surface area (Å²) in [4.78, 5) is 0. The van der Waals surface area contributed by atoms with Gasteiger partial charge < -0.3 is 9.47 Å². The van der Waals surface area contributed by atoms with Gasteiger partial charge in [-0.2, -0.15) is 5.10 Å². The summed E-state index contributed by atoms with van der Waals surface area (Å²) < 4.78 is 13.3. The fraction of sp³-hybridized carbons (Fsp3) is 0.800. The molecular weight excluding hydrogens is 268 g/mol. The first-order chi connectivity index (χ1) is 10.3. The SMILES string of the molecule is CCOC(OCC)C(Cc1ccn(C2CCCC2)n1)NN. The second-order valence-corrected chi connectivity index (χ2v) is 5.48. The summed E-state index contributed by atoms with van der Waals surface area (Å²) in [6.07, 6.45) is 7.52. The van der Waals surface area contributed by atoms with Crippen LogP contribution in [0.15, 0.2) is 12.3 Å². The molecule has 1 atom stereocenters. The van der Waals surface area contributed by atoms with E-state index in [1.54, 1.807) is 0 Å². The summed E-state index contributed by atoms with van der Waals surface area (Å²) in [5.74, 6) is 5.67. The van der Waals surface area contributed by atoms with Crippen LogP contribution < -0.4 is 11.3 Å². The van der Waals surface area contributed by atoms with E-state index in [-0.39, 0.29) is 12.3 Å². The van der Waals surface area contributed by atoms with Crippen molar-refractivity contribution in [2.24, 2.45) is 5.84 Å². The average Bonchev–Trinajstić information content (AvgIpc) is 3.15. The van der Waals surface area contributed by atoms with Crippen LogP contribution in [0.2, 0.25) is 0 Å². The summed E-state index contributed by atoms with van der Waals surface area (Å²) in [5.41, 5.74) is 3.82. The van der Waals surface area contributed by atoms with Gasteiger partial charge in [0.2, 0.25) is 0 Å². The lowest BCUT2D eigenvalue weighted by molar-refractivity contribution is -0.153. The number of nitrogens with two attached hydrogens (primary N) is 1. The molecule has 1 unspecified atom stereocenters. The lowest BCUT2D eigenvalue weighted by Gasteiger charge is -2.25. The predicted octanol–water partition coefficient (Wildman–Crippen LogP) is 1.77. The second kappa shape index (κ2) is 8.48. The molecule has 6 nitrogen and oxygen atoms in total. The third-order valence-electron chi connectivity index (χ3n) is 4.00. The van der Waals surface area contributed by atoms with E-state index in [0.717, 1.165) is 5.69 Å². The Morgan fingerprint density at radius 1 is 1.33 bits per heavy atom. The zero-order valence-corrected chi connectivity index (χ0v) is 13.1. The highest BCUT2D eigenvalue weighted by atomic mass is 16.7. The van der Waals surface area contributed by atoms with Crippen LogP contribution in [0.3, 0.4) is 0 Å². The molecule has 1 saturated carbocycles. The molecule has 0 bridgehead atoms. The number of hydrogen-bond acceptors (Lipinski definition) is 5. The molecule has 0 amide bonds. The van der Waals surface area contributed by atoms with E-state index >= 15 is 0 Å². The van der Waals surface area contributed by atoms with Gasteiger partial charge in [-0.15, -0.1) is 0 Å². The van der Waals surface area contributed by atoms with E-state index in [2.05, 4.69) is 22.4 Å². The summed E-state index contributed by atoms with van der Waals surface area (Å²) in [5, 5.41) is 4.69. The van der Waals surface area contributed by atoms with Crippen LogP contribution in [0.25, 0.3) is 0 Å². The molecule has 1 fully saturated rings. The zero-order chi connectivity index (χ0) is 15.1. The zero-order valence-electron chi connectivity index (χ0n) is 13.1. The highest BCUT2D eigenvalue weighted by Gasteiger charge is 2.23. The normalized spacial score (nSPS) is 17.7. The Hall–Kier alpha value is -0.950. The van der Waals surface area contributed by atoms with E-state index in [9.17, 15) is 0 Å². The first kappa shape index (κ1) is 16.4. The van der Waals surface area contributed by atoms with Crippen molar-refractivity contribution < 1.29 is 9.47 Å². The smallest absolute Gasteiger partial charge is 0.174 e. The Balaban J connectivity index is 1.96. The van der Waals surface area contributed by atoms with E-state index < -0.39 is 0 Å². The van der Waals surface area contributed by atoms with E-state index in [4.69, 9.17) is 20.4 Å². The van der Waals surface area contributed by atoms with Crippen LogP contribution in [0.1, 0.15) is 51.3 Å². The Morgan fingerprint density at radius 3 is 2.57 bits per heavy atom. The highest BCUT2D eigenvalue weighted by molar-refractivity contribution is 5.03. The van der Waals surface area contributed by atoms with Crippen molar-refractivity contribution in [3.05, 3.63) is 18.0 Å². The molecule has 1 aliphatic rings. The molecule has 1 heterocycles. The van der Waals surface area contributed by atoms with Gasteiger partial charge in [-0.1, -0.05) is 12.8 Å². The number of hydrogen-bond donors (Lipinski definition) is 2. The van der Waals surface area contributed by atoms with Crippen molar-refractivity contribution in [3.8, 4) is 0 Å². The minimum Gasteiger partial charge on any atom is -0.351 e. The summed E-state index contributed by atoms with van der Waals surface area (Å²) in [6.45, 7) is 5.10. The van der Waals surface area contributed by atoms with E-state index in [0.29, 0.717) is 25.7 Å². The number of ether oxygens (including phenoxy) is 2. The fourth-order valence-corrected chi connectivity index (χ4v) is 2.93. The van der Waals surface area contributed by atoms with E-state index in [1.807, 2.05) is 13.8 Å². The number of hydrazine groups is 1. The van der Waals surface area contributed by atoms with Crippen LogP contribution in [0.4, 0.5) is 0 Å². The molecule has 2 rings (SSSR count). The van der Waals surface area contributed by atoms with Gasteiger partial charge in [-0.25, -0.2) is 0 Å². The Morgan fingerprint density at radius 2 is 2.00 bits per heavy atom. The van der Waals surface area contributed by atoms with Crippen LogP contribution in [0.5, 0.6) is 0 Å². The molecule has 0 aromatic carbocycles. The van der Waals surface area contributed by atoms with E-state index in [1.165, 1.54) is 25.7 Å². The second-order valence-electron chi connectivity index (χ2n) is 5.48. The quantitative estimate of drug-likeness (QED) is 0.413. The summed E-state index contributed by atoms with van der Waals surface area (Å²) in [7, 11) is 0. The largest absolute Gasteiger partial charge is 0.351 e. The Labute approximate surface area is 126 Å². The maximum atomic E-state index is 5.67. The predicted molar refractivity (Wildman–Crippen MR) is 81.6 cm³/mol. The van der Waals surface area contributed by atoms with Crippen molar-refractivity contribution in [3.63, 3.8) is 0 Å². The molecule has 0 radical (unpaired) electrons. The monoisotopic (exact) mass is 296 g/mol. The minimum atomic E-state index is -0.346. The lowest BCUT2D eigenvalue weighted by atomic mass is 10.1. The molecule has 3 N–H and O–H groups in total. The average molecular weight is 296 g/mol. The Bertz CT molecular complexity index is 398. The standard InChI is InChI=1S/C15H28N4O2/c1-3-20-15(21-4-2)14(17-16)11-12-9-10-19(18-12)13-7-5-6-8-13/h9-10,13-15,17H,3-8,11,16H2,1-2H3. The molecule has 6 heteroatoms. The van der Waals surface area contributed by atoms with Crippen LogP contribution in [0, 0.1) is 0 Å². The molecule has 0 aliphatic heterocycles. The Kier molecular flexibility index (Phi) is 6.63. The molecule has 0 saturated heterocycles. The lowest BCUT2D eigenvalue weighted by Crippen LogP contribution is -2.48. The molecule has 1 aromatic heterocycles.